The van der Waals surface area contributed by atoms with Gasteiger partial charge in [0.2, 0.25) is 0 Å². The summed E-state index contributed by atoms with van der Waals surface area (Å²) >= 11 is 0. The maximum Gasteiger partial charge on any atom is 0.161 e. The fourth-order valence-corrected chi connectivity index (χ4v) is 2.26. The molecular formula is C17H15N3O. The first-order valence-corrected chi connectivity index (χ1v) is 6.66. The number of hydrogen-bond donors (Lipinski definition) is 2. The number of nitrogens with zero attached hydrogens (tertiary/aromatic N) is 1. The monoisotopic (exact) mass is 277 g/mol. The zero-order chi connectivity index (χ0) is 14.8. The van der Waals surface area contributed by atoms with Gasteiger partial charge in [0.25, 0.3) is 0 Å². The van der Waals surface area contributed by atoms with E-state index in [1.54, 1.807) is 18.3 Å². The van der Waals surface area contributed by atoms with Crippen LogP contribution in [0.3, 0.4) is 0 Å². The number of anilines is 3. The molecular weight excluding hydrogens is 262 g/mol. The van der Waals surface area contributed by atoms with Crippen LogP contribution < -0.4 is 11.1 Å². The fraction of sp³-hybridized carbons (Fsp3) is 0.0588. The first kappa shape index (κ1) is 13.1. The summed E-state index contributed by atoms with van der Waals surface area (Å²) < 4.78 is 0. The number of ketones is 1. The molecule has 0 saturated heterocycles. The van der Waals surface area contributed by atoms with Crippen LogP contribution in [0.25, 0.3) is 10.9 Å². The van der Waals surface area contributed by atoms with Gasteiger partial charge in [-0.3, -0.25) is 9.78 Å². The second-order valence-corrected chi connectivity index (χ2v) is 4.89. The molecule has 0 radical (unpaired) electrons. The summed E-state index contributed by atoms with van der Waals surface area (Å²) in [6, 6.07) is 15.2. The molecule has 0 saturated carbocycles. The van der Waals surface area contributed by atoms with Gasteiger partial charge in [-0.2, -0.15) is 0 Å². The van der Waals surface area contributed by atoms with Crippen LogP contribution in [0.1, 0.15) is 17.3 Å². The van der Waals surface area contributed by atoms with Gasteiger partial charge in [-0.05, 0) is 49.4 Å². The van der Waals surface area contributed by atoms with E-state index >= 15 is 0 Å². The predicted octanol–water partition coefficient (Wildman–Crippen LogP) is 3.76. The minimum absolute atomic E-state index is 0.0427. The molecule has 4 heteroatoms. The molecule has 104 valence electrons. The van der Waals surface area contributed by atoms with Gasteiger partial charge < -0.3 is 11.1 Å². The lowest BCUT2D eigenvalue weighted by atomic mass is 10.1. The lowest BCUT2D eigenvalue weighted by molar-refractivity contribution is 0.101. The molecule has 4 nitrogen and oxygen atoms in total. The van der Waals surface area contributed by atoms with Crippen LogP contribution >= 0.6 is 0 Å². The van der Waals surface area contributed by atoms with Crippen molar-refractivity contribution in [3.8, 4) is 0 Å². The van der Waals surface area contributed by atoms with E-state index in [9.17, 15) is 4.79 Å². The molecule has 0 bridgehead atoms. The molecule has 0 atom stereocenters. The Hall–Kier alpha value is -2.88. The maximum absolute atomic E-state index is 11.5. The second kappa shape index (κ2) is 5.25. The Morgan fingerprint density at radius 2 is 1.86 bits per heavy atom. The highest BCUT2D eigenvalue weighted by atomic mass is 16.1. The number of fused-ring (bicyclic) bond motifs is 1. The molecule has 2 aromatic carbocycles. The number of nitrogens with two attached hydrogens (primary N) is 1. The van der Waals surface area contributed by atoms with Gasteiger partial charge in [-0.15, -0.1) is 0 Å². The Balaban J connectivity index is 1.94. The van der Waals surface area contributed by atoms with E-state index in [1.165, 1.54) is 6.92 Å². The third-order valence-electron chi connectivity index (χ3n) is 3.32. The molecule has 0 spiro atoms. The molecule has 1 heterocycles. The van der Waals surface area contributed by atoms with E-state index in [0.29, 0.717) is 11.3 Å². The van der Waals surface area contributed by atoms with Crippen molar-refractivity contribution < 1.29 is 4.79 Å². The lowest BCUT2D eigenvalue weighted by Gasteiger charge is -2.10. The average molecular weight is 277 g/mol. The highest BCUT2D eigenvalue weighted by molar-refractivity contribution is 6.00. The zero-order valence-electron chi connectivity index (χ0n) is 11.6. The number of nitrogens with one attached hydrogen (secondary N) is 1. The van der Waals surface area contributed by atoms with Crippen molar-refractivity contribution in [1.82, 2.24) is 4.98 Å². The van der Waals surface area contributed by atoms with Crippen LogP contribution in [0.5, 0.6) is 0 Å². The smallest absolute Gasteiger partial charge is 0.161 e. The predicted molar refractivity (Wildman–Crippen MR) is 85.9 cm³/mol. The van der Waals surface area contributed by atoms with Crippen molar-refractivity contribution in [2.24, 2.45) is 0 Å². The summed E-state index contributed by atoms with van der Waals surface area (Å²) in [6.45, 7) is 1.51. The van der Waals surface area contributed by atoms with Crippen LogP contribution in [0, 0.1) is 0 Å². The summed E-state index contributed by atoms with van der Waals surface area (Å²) in [4.78, 5) is 15.8. The molecule has 0 unspecified atom stereocenters. The maximum atomic E-state index is 11.5. The zero-order valence-corrected chi connectivity index (χ0v) is 11.6. The van der Waals surface area contributed by atoms with Crippen molar-refractivity contribution in [1.29, 1.82) is 0 Å². The molecule has 0 aliphatic carbocycles. The third kappa shape index (κ3) is 2.69. The fourth-order valence-electron chi connectivity index (χ4n) is 2.26. The van der Waals surface area contributed by atoms with Crippen LogP contribution in [0.2, 0.25) is 0 Å². The number of Topliss-reactive ketones (excluding diaryl/α,β-unsaturated/α-hetero) is 1. The number of carbonyl (C=O) groups is 1. The molecule has 0 fully saturated rings. The standard InChI is InChI=1S/C17H15N3O/c1-11(21)15-10-14(4-6-16(15)18)20-13-5-7-17-12(9-13)3-2-8-19-17/h2-10,20H,18H2,1H3. The summed E-state index contributed by atoms with van der Waals surface area (Å²) in [5, 5.41) is 4.34. The van der Waals surface area contributed by atoms with Gasteiger partial charge in [-0.1, -0.05) is 6.07 Å². The number of nitrogen functional groups attached to an aromatic ring is 1. The quantitative estimate of drug-likeness (QED) is 0.565. The first-order chi connectivity index (χ1) is 10.1. The van der Waals surface area contributed by atoms with Crippen molar-refractivity contribution in [3.63, 3.8) is 0 Å². The Kier molecular flexibility index (Phi) is 3.28. The number of aromatic nitrogens is 1. The Morgan fingerprint density at radius 3 is 2.67 bits per heavy atom. The van der Waals surface area contributed by atoms with Crippen LogP contribution in [-0.4, -0.2) is 10.8 Å². The molecule has 3 rings (SSSR count). The van der Waals surface area contributed by atoms with E-state index in [4.69, 9.17) is 5.73 Å². The van der Waals surface area contributed by atoms with E-state index in [1.807, 2.05) is 36.4 Å². The highest BCUT2D eigenvalue weighted by Gasteiger charge is 2.06. The normalized spacial score (nSPS) is 10.5. The van der Waals surface area contributed by atoms with E-state index in [2.05, 4.69) is 10.3 Å². The van der Waals surface area contributed by atoms with Crippen molar-refractivity contribution in [3.05, 3.63) is 60.3 Å². The topological polar surface area (TPSA) is 68.0 Å². The first-order valence-electron chi connectivity index (χ1n) is 6.66. The Labute approximate surface area is 122 Å². The molecule has 21 heavy (non-hydrogen) atoms. The van der Waals surface area contributed by atoms with Gasteiger partial charge in [0.15, 0.2) is 5.78 Å². The number of carbonyl (C=O) groups excluding carboxylic acids is 1. The number of rotatable bonds is 3. The summed E-state index contributed by atoms with van der Waals surface area (Å²) in [5.74, 6) is -0.0427. The SMILES string of the molecule is CC(=O)c1cc(Nc2ccc3ncccc3c2)ccc1N. The van der Waals surface area contributed by atoms with Crippen molar-refractivity contribution in [2.75, 3.05) is 11.1 Å². The van der Waals surface area contributed by atoms with Gasteiger partial charge in [0.05, 0.1) is 5.52 Å². The number of hydrogen-bond acceptors (Lipinski definition) is 4. The van der Waals surface area contributed by atoms with Gasteiger partial charge in [0, 0.05) is 34.2 Å². The van der Waals surface area contributed by atoms with Gasteiger partial charge in [0.1, 0.15) is 0 Å². The highest BCUT2D eigenvalue weighted by Crippen LogP contribution is 2.24. The van der Waals surface area contributed by atoms with E-state index < -0.39 is 0 Å². The third-order valence-corrected chi connectivity index (χ3v) is 3.32. The Bertz CT molecular complexity index is 827. The van der Waals surface area contributed by atoms with E-state index in [-0.39, 0.29) is 5.78 Å². The minimum atomic E-state index is -0.0427. The number of benzene rings is 2. The molecule has 3 N–H and O–H groups in total. The lowest BCUT2D eigenvalue weighted by Crippen LogP contribution is -2.01. The molecule has 0 aliphatic rings. The minimum Gasteiger partial charge on any atom is -0.398 e. The van der Waals surface area contributed by atoms with E-state index in [0.717, 1.165) is 22.3 Å². The molecule has 3 aromatic rings. The summed E-state index contributed by atoms with van der Waals surface area (Å²) in [7, 11) is 0. The molecule has 1 aromatic heterocycles. The average Bonchev–Trinajstić information content (AvgIpc) is 2.49. The van der Waals surface area contributed by atoms with Crippen LogP contribution in [-0.2, 0) is 0 Å². The molecule has 0 amide bonds. The van der Waals surface area contributed by atoms with Gasteiger partial charge in [-0.25, -0.2) is 0 Å². The second-order valence-electron chi connectivity index (χ2n) is 4.89. The van der Waals surface area contributed by atoms with Gasteiger partial charge >= 0.3 is 0 Å². The van der Waals surface area contributed by atoms with Crippen molar-refractivity contribution in [2.45, 2.75) is 6.92 Å². The van der Waals surface area contributed by atoms with Crippen LogP contribution in [0.4, 0.5) is 17.1 Å². The summed E-state index contributed by atoms with van der Waals surface area (Å²) in [6.07, 6.45) is 1.77. The number of pyridine rings is 1. The van der Waals surface area contributed by atoms with Crippen molar-refractivity contribution >= 4 is 33.7 Å². The molecule has 0 aliphatic heterocycles. The largest absolute Gasteiger partial charge is 0.398 e. The van der Waals surface area contributed by atoms with Crippen LogP contribution in [0.15, 0.2) is 54.7 Å². The summed E-state index contributed by atoms with van der Waals surface area (Å²) in [5.41, 5.74) is 9.55. The Morgan fingerprint density at radius 1 is 1.10 bits per heavy atom.